The van der Waals surface area contributed by atoms with Crippen LogP contribution in [0.25, 0.3) is 0 Å². The number of hydrogen-bond acceptors (Lipinski definition) is 2. The Kier molecular flexibility index (Phi) is 4.91. The summed E-state index contributed by atoms with van der Waals surface area (Å²) < 4.78 is 20.0. The van der Waals surface area contributed by atoms with E-state index in [0.717, 1.165) is 5.56 Å². The molecule has 0 amide bonds. The zero-order valence-corrected chi connectivity index (χ0v) is 10.6. The smallest absolute Gasteiger partial charge is 0.171 e. The SMILES string of the molecule is Cc1ccccc1S(=O)(O)=S.[Na]. The maximum absolute atomic E-state index is 11.0. The van der Waals surface area contributed by atoms with Gasteiger partial charge in [0.2, 0.25) is 0 Å². The van der Waals surface area contributed by atoms with Gasteiger partial charge < -0.3 is 4.55 Å². The number of benzene rings is 1. The molecule has 1 atom stereocenters. The molecule has 2 nitrogen and oxygen atoms in total. The summed E-state index contributed by atoms with van der Waals surface area (Å²) in [5.74, 6) is 0. The Morgan fingerprint density at radius 2 is 1.92 bits per heavy atom. The summed E-state index contributed by atoms with van der Waals surface area (Å²) in [7, 11) is -3.20. The predicted octanol–water partition coefficient (Wildman–Crippen LogP) is 1.19. The van der Waals surface area contributed by atoms with Crippen LogP contribution in [0.15, 0.2) is 29.2 Å². The van der Waals surface area contributed by atoms with Gasteiger partial charge in [0.1, 0.15) is 0 Å². The van der Waals surface area contributed by atoms with Gasteiger partial charge in [0.05, 0.1) is 4.90 Å². The van der Waals surface area contributed by atoms with Gasteiger partial charge in [-0.15, -0.1) is 0 Å². The summed E-state index contributed by atoms with van der Waals surface area (Å²) in [6.45, 7) is 1.76. The van der Waals surface area contributed by atoms with Crippen LogP contribution in [0.2, 0.25) is 0 Å². The Hall–Kier alpha value is 0.550. The Balaban J connectivity index is 0.00000121. The van der Waals surface area contributed by atoms with Gasteiger partial charge in [-0.25, -0.2) is 4.21 Å². The van der Waals surface area contributed by atoms with Crippen molar-refractivity contribution in [2.75, 3.05) is 0 Å². The maximum atomic E-state index is 11.0. The monoisotopic (exact) mass is 211 g/mol. The van der Waals surface area contributed by atoms with Gasteiger partial charge in [-0.2, -0.15) is 0 Å². The van der Waals surface area contributed by atoms with E-state index in [9.17, 15) is 4.21 Å². The zero-order valence-electron chi connectivity index (χ0n) is 6.98. The molecule has 12 heavy (non-hydrogen) atoms. The second-order valence-corrected chi connectivity index (χ2v) is 4.99. The van der Waals surface area contributed by atoms with E-state index in [1.54, 1.807) is 31.2 Å². The standard InChI is InChI=1S/C7H8O2S2.Na/c1-6-4-2-3-5-7(6)11(8,9)10;/h2-5H,1H3,(H,8,9,10);. The molecule has 0 aliphatic carbocycles. The normalized spacial score (nSPS) is 14.5. The molecule has 0 aliphatic heterocycles. The van der Waals surface area contributed by atoms with Crippen molar-refractivity contribution >= 4 is 49.5 Å². The minimum absolute atomic E-state index is 0. The van der Waals surface area contributed by atoms with Crippen LogP contribution in [0.3, 0.4) is 0 Å². The van der Waals surface area contributed by atoms with Gasteiger partial charge in [-0.05, 0) is 18.6 Å². The van der Waals surface area contributed by atoms with E-state index in [2.05, 4.69) is 11.2 Å². The first-order valence-corrected chi connectivity index (χ1v) is 5.49. The molecule has 5 heteroatoms. The second-order valence-electron chi connectivity index (χ2n) is 2.24. The molecular weight excluding hydrogens is 203 g/mol. The number of hydrogen-bond donors (Lipinski definition) is 1. The molecule has 0 aliphatic rings. The van der Waals surface area contributed by atoms with Crippen molar-refractivity contribution in [3.05, 3.63) is 29.8 Å². The molecule has 0 saturated carbocycles. The van der Waals surface area contributed by atoms with Gasteiger partial charge in [0, 0.05) is 40.7 Å². The van der Waals surface area contributed by atoms with Crippen molar-refractivity contribution in [2.45, 2.75) is 11.8 Å². The minimum atomic E-state index is -3.20. The third-order valence-electron chi connectivity index (χ3n) is 1.37. The van der Waals surface area contributed by atoms with Crippen molar-refractivity contribution < 1.29 is 8.76 Å². The summed E-state index contributed by atoms with van der Waals surface area (Å²) in [5.41, 5.74) is 0.759. The molecule has 61 valence electrons. The molecular formula is C7H8NaO2S2. The molecule has 1 aromatic carbocycles. The molecule has 1 radical (unpaired) electrons. The summed E-state index contributed by atoms with van der Waals surface area (Å²) in [5, 5.41) is 0. The number of rotatable bonds is 1. The van der Waals surface area contributed by atoms with Gasteiger partial charge in [0.25, 0.3) is 0 Å². The quantitative estimate of drug-likeness (QED) is 0.709. The van der Waals surface area contributed by atoms with Gasteiger partial charge in [-0.3, -0.25) is 0 Å². The second kappa shape index (κ2) is 4.69. The molecule has 0 aromatic heterocycles. The van der Waals surface area contributed by atoms with Crippen LogP contribution in [-0.2, 0) is 20.0 Å². The molecule has 1 N–H and O–H groups in total. The summed E-state index contributed by atoms with van der Waals surface area (Å²) in [6.07, 6.45) is 0. The van der Waals surface area contributed by atoms with Crippen molar-refractivity contribution in [2.24, 2.45) is 0 Å². The van der Waals surface area contributed by atoms with Gasteiger partial charge >= 0.3 is 0 Å². The Morgan fingerprint density at radius 1 is 1.42 bits per heavy atom. The van der Waals surface area contributed by atoms with Crippen LogP contribution in [0.1, 0.15) is 5.56 Å². The van der Waals surface area contributed by atoms with Crippen LogP contribution in [0, 0.1) is 6.92 Å². The van der Waals surface area contributed by atoms with Crippen molar-refractivity contribution in [3.63, 3.8) is 0 Å². The summed E-state index contributed by atoms with van der Waals surface area (Å²) >= 11 is 4.42. The Morgan fingerprint density at radius 3 is 2.25 bits per heavy atom. The minimum Gasteiger partial charge on any atom is -0.302 e. The molecule has 0 bridgehead atoms. The Labute approximate surface area is 99.2 Å². The first-order chi connectivity index (χ1) is 5.02. The van der Waals surface area contributed by atoms with E-state index in [0.29, 0.717) is 4.90 Å². The Bertz CT molecular complexity index is 359. The van der Waals surface area contributed by atoms with Crippen molar-refractivity contribution in [1.29, 1.82) is 0 Å². The zero-order chi connectivity index (χ0) is 8.48. The molecule has 1 aromatic rings. The van der Waals surface area contributed by atoms with Crippen LogP contribution in [-0.4, -0.2) is 38.3 Å². The molecule has 0 saturated heterocycles. The molecule has 0 spiro atoms. The van der Waals surface area contributed by atoms with Gasteiger partial charge in [0.15, 0.2) is 8.77 Å². The fourth-order valence-corrected chi connectivity index (χ4v) is 2.13. The molecule has 1 unspecified atom stereocenters. The van der Waals surface area contributed by atoms with E-state index in [1.807, 2.05) is 0 Å². The third-order valence-corrected chi connectivity index (χ3v) is 2.92. The first-order valence-electron chi connectivity index (χ1n) is 3.05. The van der Waals surface area contributed by atoms with E-state index in [-0.39, 0.29) is 29.6 Å². The predicted molar refractivity (Wildman–Crippen MR) is 53.3 cm³/mol. The molecule has 0 heterocycles. The van der Waals surface area contributed by atoms with E-state index in [4.69, 9.17) is 4.55 Å². The average Bonchev–Trinajstić information content (AvgIpc) is 1.86. The van der Waals surface area contributed by atoms with E-state index < -0.39 is 8.77 Å². The number of aryl methyl sites for hydroxylation is 1. The van der Waals surface area contributed by atoms with Crippen molar-refractivity contribution in [3.8, 4) is 0 Å². The van der Waals surface area contributed by atoms with E-state index >= 15 is 0 Å². The van der Waals surface area contributed by atoms with Gasteiger partial charge in [-0.1, -0.05) is 18.2 Å². The topological polar surface area (TPSA) is 37.3 Å². The summed E-state index contributed by atoms with van der Waals surface area (Å²) in [6, 6.07) is 6.84. The molecule has 1 rings (SSSR count). The fraction of sp³-hybridized carbons (Fsp3) is 0.143. The van der Waals surface area contributed by atoms with Crippen LogP contribution >= 0.6 is 0 Å². The largest absolute Gasteiger partial charge is 0.302 e. The van der Waals surface area contributed by atoms with Crippen molar-refractivity contribution in [1.82, 2.24) is 0 Å². The molecule has 0 fully saturated rings. The van der Waals surface area contributed by atoms with Crippen LogP contribution in [0.4, 0.5) is 0 Å². The average molecular weight is 211 g/mol. The first kappa shape index (κ1) is 12.6. The third kappa shape index (κ3) is 3.12. The van der Waals surface area contributed by atoms with Crippen LogP contribution in [0.5, 0.6) is 0 Å². The maximum Gasteiger partial charge on any atom is 0.171 e. The summed E-state index contributed by atoms with van der Waals surface area (Å²) in [4.78, 5) is 0.343. The fourth-order valence-electron chi connectivity index (χ4n) is 0.846. The van der Waals surface area contributed by atoms with Crippen LogP contribution < -0.4 is 0 Å². The van der Waals surface area contributed by atoms with E-state index in [1.165, 1.54) is 0 Å².